The van der Waals surface area contributed by atoms with Crippen molar-refractivity contribution in [2.75, 3.05) is 13.2 Å². The van der Waals surface area contributed by atoms with Crippen LogP contribution >= 0.6 is 0 Å². The summed E-state index contributed by atoms with van der Waals surface area (Å²) in [5.74, 6) is 0. The number of nitrogens with one attached hydrogen (secondary N) is 1. The SMILES string of the molecule is O=c1[nH]cnc2c1ncn2O[C@H]1CO[C@@H](CO)O1. The van der Waals surface area contributed by atoms with Gasteiger partial charge in [0, 0.05) is 0 Å². The Kier molecular flexibility index (Phi) is 2.70. The minimum absolute atomic E-state index is 0.175. The molecule has 1 fully saturated rings. The molecule has 1 aliphatic heterocycles. The molecule has 1 aliphatic rings. The Balaban J connectivity index is 1.83. The van der Waals surface area contributed by atoms with Crippen molar-refractivity contribution in [3.63, 3.8) is 0 Å². The predicted octanol–water partition coefficient (Wildman–Crippen LogP) is -1.76. The van der Waals surface area contributed by atoms with Gasteiger partial charge in [-0.05, 0) is 0 Å². The van der Waals surface area contributed by atoms with Crippen molar-refractivity contribution in [1.29, 1.82) is 0 Å². The number of aliphatic hydroxyl groups is 1. The Morgan fingerprint density at radius 3 is 3.28 bits per heavy atom. The Morgan fingerprint density at radius 2 is 2.50 bits per heavy atom. The van der Waals surface area contributed by atoms with E-state index in [1.807, 2.05) is 0 Å². The summed E-state index contributed by atoms with van der Waals surface area (Å²) >= 11 is 0. The summed E-state index contributed by atoms with van der Waals surface area (Å²) in [5, 5.41) is 8.84. The molecule has 96 valence electrons. The number of rotatable bonds is 3. The topological polar surface area (TPSA) is 111 Å². The summed E-state index contributed by atoms with van der Waals surface area (Å²) in [6.45, 7) is -0.0729. The molecule has 0 amide bonds. The third kappa shape index (κ3) is 1.83. The molecule has 0 saturated carbocycles. The Morgan fingerprint density at radius 1 is 1.61 bits per heavy atom. The molecule has 0 aliphatic carbocycles. The first-order valence-corrected chi connectivity index (χ1v) is 5.23. The fraction of sp³-hybridized carbons (Fsp3) is 0.444. The molecule has 9 nitrogen and oxygen atoms in total. The van der Waals surface area contributed by atoms with Gasteiger partial charge in [-0.15, -0.1) is 4.73 Å². The molecule has 2 N–H and O–H groups in total. The fourth-order valence-electron chi connectivity index (χ4n) is 1.61. The van der Waals surface area contributed by atoms with E-state index in [0.717, 1.165) is 0 Å². The maximum atomic E-state index is 11.4. The van der Waals surface area contributed by atoms with E-state index in [1.165, 1.54) is 17.4 Å². The number of aromatic amines is 1. The van der Waals surface area contributed by atoms with Gasteiger partial charge in [0.1, 0.15) is 12.9 Å². The van der Waals surface area contributed by atoms with Gasteiger partial charge in [0.2, 0.25) is 5.65 Å². The fourth-order valence-corrected chi connectivity index (χ4v) is 1.61. The average Bonchev–Trinajstić information content (AvgIpc) is 2.98. The lowest BCUT2D eigenvalue weighted by Gasteiger charge is -2.11. The first-order chi connectivity index (χ1) is 8.78. The number of aliphatic hydroxyl groups excluding tert-OH is 1. The van der Waals surface area contributed by atoms with E-state index in [-0.39, 0.29) is 29.9 Å². The highest BCUT2D eigenvalue weighted by Gasteiger charge is 2.28. The number of hydrogen-bond donors (Lipinski definition) is 2. The van der Waals surface area contributed by atoms with Gasteiger partial charge >= 0.3 is 0 Å². The Hall–Kier alpha value is -1.97. The van der Waals surface area contributed by atoms with Crippen molar-refractivity contribution in [3.05, 3.63) is 23.0 Å². The monoisotopic (exact) mass is 254 g/mol. The van der Waals surface area contributed by atoms with Crippen LogP contribution in [0.3, 0.4) is 0 Å². The quantitative estimate of drug-likeness (QED) is 0.667. The van der Waals surface area contributed by atoms with Crippen molar-refractivity contribution in [3.8, 4) is 0 Å². The van der Waals surface area contributed by atoms with Gasteiger partial charge in [-0.25, -0.2) is 9.97 Å². The molecular formula is C9H10N4O5. The van der Waals surface area contributed by atoms with Gasteiger partial charge in [0.05, 0.1) is 12.9 Å². The lowest BCUT2D eigenvalue weighted by molar-refractivity contribution is -0.155. The summed E-state index contributed by atoms with van der Waals surface area (Å²) in [5.41, 5.74) is 0.115. The van der Waals surface area contributed by atoms with Crippen LogP contribution in [0.15, 0.2) is 17.4 Å². The largest absolute Gasteiger partial charge is 0.391 e. The highest BCUT2D eigenvalue weighted by Crippen LogP contribution is 2.11. The molecule has 0 bridgehead atoms. The molecule has 18 heavy (non-hydrogen) atoms. The maximum Gasteiger partial charge on any atom is 0.279 e. The van der Waals surface area contributed by atoms with Crippen LogP contribution in [0.2, 0.25) is 0 Å². The average molecular weight is 254 g/mol. The van der Waals surface area contributed by atoms with Crippen LogP contribution < -0.4 is 10.4 Å². The number of nitrogens with zero attached hydrogens (tertiary/aromatic N) is 3. The van der Waals surface area contributed by atoms with Crippen LogP contribution in [-0.2, 0) is 9.47 Å². The highest BCUT2D eigenvalue weighted by atomic mass is 16.9. The summed E-state index contributed by atoms with van der Waals surface area (Å²) in [6, 6.07) is 0. The van der Waals surface area contributed by atoms with Gasteiger partial charge in [0.15, 0.2) is 11.8 Å². The summed E-state index contributed by atoms with van der Waals surface area (Å²) < 4.78 is 11.5. The lowest BCUT2D eigenvalue weighted by Crippen LogP contribution is -2.28. The smallest absolute Gasteiger partial charge is 0.279 e. The van der Waals surface area contributed by atoms with Crippen molar-refractivity contribution in [1.82, 2.24) is 19.7 Å². The third-order valence-corrected chi connectivity index (χ3v) is 2.41. The normalized spacial score (nSPS) is 23.6. The number of imidazole rings is 1. The minimum Gasteiger partial charge on any atom is -0.391 e. The lowest BCUT2D eigenvalue weighted by atomic mass is 10.5. The van der Waals surface area contributed by atoms with Gasteiger partial charge < -0.3 is 24.4 Å². The molecule has 0 unspecified atom stereocenters. The van der Waals surface area contributed by atoms with Crippen LogP contribution in [-0.4, -0.2) is 50.6 Å². The highest BCUT2D eigenvalue weighted by molar-refractivity contribution is 5.68. The second-order valence-corrected chi connectivity index (χ2v) is 3.59. The predicted molar refractivity (Wildman–Crippen MR) is 56.4 cm³/mol. The first kappa shape index (κ1) is 11.1. The molecule has 2 aromatic heterocycles. The molecule has 1 saturated heterocycles. The standard InChI is InChI=1S/C9H10N4O5/c14-1-5-16-2-6(17-5)18-13-4-12-7-8(13)10-3-11-9(7)15/h3-6,14H,1-2H2,(H,10,11,15)/t5-,6+/m1/s1. The number of aromatic nitrogens is 4. The molecule has 0 spiro atoms. The van der Waals surface area contributed by atoms with Gasteiger partial charge in [-0.3, -0.25) is 4.79 Å². The second kappa shape index (κ2) is 4.37. The number of ether oxygens (including phenoxy) is 2. The zero-order valence-electron chi connectivity index (χ0n) is 9.15. The first-order valence-electron chi connectivity index (χ1n) is 5.23. The molecule has 3 heterocycles. The number of fused-ring (bicyclic) bond motifs is 1. The molecular weight excluding hydrogens is 244 g/mol. The molecule has 2 atom stereocenters. The zero-order valence-corrected chi connectivity index (χ0v) is 9.15. The number of hydrogen-bond acceptors (Lipinski definition) is 7. The van der Waals surface area contributed by atoms with Crippen molar-refractivity contribution < 1.29 is 19.4 Å². The van der Waals surface area contributed by atoms with Crippen molar-refractivity contribution in [2.45, 2.75) is 12.6 Å². The van der Waals surface area contributed by atoms with E-state index in [1.54, 1.807) is 0 Å². The molecule has 3 rings (SSSR count). The van der Waals surface area contributed by atoms with E-state index in [9.17, 15) is 4.79 Å². The Labute approximate surface area is 99.9 Å². The third-order valence-electron chi connectivity index (χ3n) is 2.41. The summed E-state index contributed by atoms with van der Waals surface area (Å²) in [4.78, 5) is 27.1. The second-order valence-electron chi connectivity index (χ2n) is 3.59. The Bertz CT molecular complexity index is 608. The van der Waals surface area contributed by atoms with Gasteiger partial charge in [0.25, 0.3) is 11.8 Å². The van der Waals surface area contributed by atoms with Gasteiger partial charge in [-0.1, -0.05) is 0 Å². The van der Waals surface area contributed by atoms with Crippen LogP contribution in [0.5, 0.6) is 0 Å². The van der Waals surface area contributed by atoms with E-state index < -0.39 is 12.6 Å². The van der Waals surface area contributed by atoms with Crippen LogP contribution in [0, 0.1) is 0 Å². The van der Waals surface area contributed by atoms with E-state index in [4.69, 9.17) is 19.4 Å². The molecule has 9 heteroatoms. The maximum absolute atomic E-state index is 11.4. The van der Waals surface area contributed by atoms with Crippen LogP contribution in [0.1, 0.15) is 0 Å². The molecule has 2 aromatic rings. The molecule has 0 aromatic carbocycles. The zero-order chi connectivity index (χ0) is 12.5. The number of H-pyrrole nitrogens is 1. The van der Waals surface area contributed by atoms with Crippen LogP contribution in [0.4, 0.5) is 0 Å². The summed E-state index contributed by atoms with van der Waals surface area (Å²) in [7, 11) is 0. The van der Waals surface area contributed by atoms with Crippen LogP contribution in [0.25, 0.3) is 11.2 Å². The molecule has 0 radical (unpaired) electrons. The summed E-state index contributed by atoms with van der Waals surface area (Å²) in [6.07, 6.45) is 1.21. The van der Waals surface area contributed by atoms with Crippen molar-refractivity contribution in [2.24, 2.45) is 0 Å². The minimum atomic E-state index is -0.693. The van der Waals surface area contributed by atoms with E-state index in [0.29, 0.717) is 0 Å². The van der Waals surface area contributed by atoms with E-state index in [2.05, 4.69) is 15.0 Å². The van der Waals surface area contributed by atoms with E-state index >= 15 is 0 Å². The van der Waals surface area contributed by atoms with Crippen molar-refractivity contribution >= 4 is 11.2 Å². The van der Waals surface area contributed by atoms with Gasteiger partial charge in [-0.2, -0.15) is 0 Å².